The van der Waals surface area contributed by atoms with Crippen LogP contribution in [0.4, 0.5) is 5.69 Å². The van der Waals surface area contributed by atoms with E-state index in [0.717, 1.165) is 16.8 Å². The van der Waals surface area contributed by atoms with Gasteiger partial charge in [0.1, 0.15) is 0 Å². The minimum Gasteiger partial charge on any atom is -0.362 e. The van der Waals surface area contributed by atoms with E-state index in [1.165, 1.54) is 0 Å². The van der Waals surface area contributed by atoms with Gasteiger partial charge in [0.15, 0.2) is 0 Å². The van der Waals surface area contributed by atoms with Crippen molar-refractivity contribution in [2.75, 3.05) is 5.32 Å². The SMILES string of the molecule is C=CC(=C\C)/C(/C=C\Nc1ccccc1)=C/C. The summed E-state index contributed by atoms with van der Waals surface area (Å²) in [5.41, 5.74) is 3.38. The predicted molar refractivity (Wildman–Crippen MR) is 76.9 cm³/mol. The third-order valence-corrected chi connectivity index (χ3v) is 2.46. The lowest BCUT2D eigenvalue weighted by molar-refractivity contribution is 1.46. The summed E-state index contributed by atoms with van der Waals surface area (Å²) >= 11 is 0. The molecule has 0 amide bonds. The molecule has 0 bridgehead atoms. The Labute approximate surface area is 104 Å². The number of allylic oxidation sites excluding steroid dienone is 6. The second-order valence-electron chi connectivity index (χ2n) is 3.54. The van der Waals surface area contributed by atoms with Gasteiger partial charge in [0.2, 0.25) is 0 Å². The number of anilines is 1. The normalized spacial score (nSPS) is 12.8. The molecular formula is C16H19N. The van der Waals surface area contributed by atoms with Crippen LogP contribution in [0.2, 0.25) is 0 Å². The van der Waals surface area contributed by atoms with Crippen LogP contribution in [0.25, 0.3) is 0 Å². The lowest BCUT2D eigenvalue weighted by Crippen LogP contribution is -1.88. The molecule has 17 heavy (non-hydrogen) atoms. The molecule has 1 N–H and O–H groups in total. The third kappa shape index (κ3) is 4.15. The Morgan fingerprint density at radius 3 is 2.24 bits per heavy atom. The van der Waals surface area contributed by atoms with Crippen molar-refractivity contribution >= 4 is 5.69 Å². The number of nitrogens with one attached hydrogen (secondary N) is 1. The van der Waals surface area contributed by atoms with Gasteiger partial charge < -0.3 is 5.32 Å². The smallest absolute Gasteiger partial charge is 0.0379 e. The fourth-order valence-corrected chi connectivity index (χ4v) is 1.52. The fourth-order valence-electron chi connectivity index (χ4n) is 1.52. The topological polar surface area (TPSA) is 12.0 Å². The molecule has 1 nitrogen and oxygen atoms in total. The largest absolute Gasteiger partial charge is 0.362 e. The quantitative estimate of drug-likeness (QED) is 0.717. The van der Waals surface area contributed by atoms with Crippen LogP contribution in [0.15, 0.2) is 78.6 Å². The molecule has 0 saturated heterocycles. The van der Waals surface area contributed by atoms with Crippen LogP contribution in [0, 0.1) is 0 Å². The highest BCUT2D eigenvalue weighted by atomic mass is 14.8. The number of hydrogen-bond donors (Lipinski definition) is 1. The van der Waals surface area contributed by atoms with Crippen molar-refractivity contribution in [1.29, 1.82) is 0 Å². The van der Waals surface area contributed by atoms with Gasteiger partial charge in [0, 0.05) is 11.9 Å². The monoisotopic (exact) mass is 225 g/mol. The average Bonchev–Trinajstić information content (AvgIpc) is 2.39. The lowest BCUT2D eigenvalue weighted by atomic mass is 10.1. The van der Waals surface area contributed by atoms with E-state index in [-0.39, 0.29) is 0 Å². The van der Waals surface area contributed by atoms with Crippen LogP contribution in [0.1, 0.15) is 13.8 Å². The molecule has 0 fully saturated rings. The highest BCUT2D eigenvalue weighted by molar-refractivity contribution is 5.49. The summed E-state index contributed by atoms with van der Waals surface area (Å²) in [5, 5.41) is 3.23. The number of rotatable bonds is 5. The van der Waals surface area contributed by atoms with Gasteiger partial charge >= 0.3 is 0 Å². The zero-order valence-electron chi connectivity index (χ0n) is 10.5. The van der Waals surface area contributed by atoms with Gasteiger partial charge in [-0.25, -0.2) is 0 Å². The van der Waals surface area contributed by atoms with Crippen LogP contribution in [0.3, 0.4) is 0 Å². The second-order valence-corrected chi connectivity index (χ2v) is 3.54. The van der Waals surface area contributed by atoms with Crippen LogP contribution < -0.4 is 5.32 Å². The molecule has 0 unspecified atom stereocenters. The molecule has 1 heteroatoms. The van der Waals surface area contributed by atoms with Crippen molar-refractivity contribution in [1.82, 2.24) is 0 Å². The van der Waals surface area contributed by atoms with Gasteiger partial charge in [0.05, 0.1) is 0 Å². The van der Waals surface area contributed by atoms with E-state index < -0.39 is 0 Å². The summed E-state index contributed by atoms with van der Waals surface area (Å²) < 4.78 is 0. The first-order chi connectivity index (χ1) is 8.31. The highest BCUT2D eigenvalue weighted by Gasteiger charge is 1.94. The van der Waals surface area contributed by atoms with Crippen LogP contribution >= 0.6 is 0 Å². The van der Waals surface area contributed by atoms with E-state index in [1.807, 2.05) is 62.5 Å². The predicted octanol–water partition coefficient (Wildman–Crippen LogP) is 4.69. The molecule has 0 saturated carbocycles. The van der Waals surface area contributed by atoms with Crippen molar-refractivity contribution in [3.05, 3.63) is 78.6 Å². The number of hydrogen-bond acceptors (Lipinski definition) is 1. The molecule has 0 radical (unpaired) electrons. The Hall–Kier alpha value is -2.02. The summed E-state index contributed by atoms with van der Waals surface area (Å²) in [4.78, 5) is 0. The Balaban J connectivity index is 2.68. The van der Waals surface area contributed by atoms with E-state index in [1.54, 1.807) is 0 Å². The number of para-hydroxylation sites is 1. The molecule has 0 spiro atoms. The molecule has 1 aromatic carbocycles. The van der Waals surface area contributed by atoms with Crippen molar-refractivity contribution < 1.29 is 0 Å². The molecule has 0 aliphatic carbocycles. The zero-order chi connectivity index (χ0) is 12.5. The van der Waals surface area contributed by atoms with Gasteiger partial charge in [-0.15, -0.1) is 0 Å². The summed E-state index contributed by atoms with van der Waals surface area (Å²) in [6.07, 6.45) is 9.97. The van der Waals surface area contributed by atoms with Gasteiger partial charge in [-0.1, -0.05) is 43.0 Å². The zero-order valence-corrected chi connectivity index (χ0v) is 10.5. The van der Waals surface area contributed by atoms with Crippen molar-refractivity contribution in [3.63, 3.8) is 0 Å². The molecule has 0 aromatic heterocycles. The molecule has 0 heterocycles. The van der Waals surface area contributed by atoms with Gasteiger partial charge in [0.25, 0.3) is 0 Å². The number of benzene rings is 1. The lowest BCUT2D eigenvalue weighted by Gasteiger charge is -2.03. The maximum absolute atomic E-state index is 3.80. The van der Waals surface area contributed by atoms with E-state index in [0.29, 0.717) is 0 Å². The summed E-state index contributed by atoms with van der Waals surface area (Å²) in [6, 6.07) is 10.1. The Morgan fingerprint density at radius 1 is 1.06 bits per heavy atom. The molecule has 0 aliphatic rings. The Kier molecular flexibility index (Phi) is 5.59. The van der Waals surface area contributed by atoms with Gasteiger partial charge in [-0.2, -0.15) is 0 Å². The standard InChI is InChI=1S/C16H19N/c1-4-14(5-2)15(6-3)12-13-17-16-10-8-7-9-11-16/h4-13,17H,1H2,2-3H3/b13-12-,14-5+,15-6+. The Bertz CT molecular complexity index is 436. The molecule has 1 rings (SSSR count). The van der Waals surface area contributed by atoms with Crippen LogP contribution in [-0.4, -0.2) is 0 Å². The van der Waals surface area contributed by atoms with Crippen molar-refractivity contribution in [2.45, 2.75) is 13.8 Å². The van der Waals surface area contributed by atoms with Gasteiger partial charge in [-0.05, 0) is 43.2 Å². The molecular weight excluding hydrogens is 206 g/mol. The summed E-state index contributed by atoms with van der Waals surface area (Å²) in [7, 11) is 0. The third-order valence-electron chi connectivity index (χ3n) is 2.46. The van der Waals surface area contributed by atoms with E-state index in [4.69, 9.17) is 0 Å². The minimum absolute atomic E-state index is 1.08. The summed E-state index contributed by atoms with van der Waals surface area (Å²) in [6.45, 7) is 7.84. The maximum Gasteiger partial charge on any atom is 0.0379 e. The maximum atomic E-state index is 3.80. The first-order valence-corrected chi connectivity index (χ1v) is 5.75. The molecule has 88 valence electrons. The van der Waals surface area contributed by atoms with Crippen molar-refractivity contribution in [3.8, 4) is 0 Å². The minimum atomic E-state index is 1.08. The van der Waals surface area contributed by atoms with Crippen LogP contribution in [0.5, 0.6) is 0 Å². The van der Waals surface area contributed by atoms with Gasteiger partial charge in [-0.3, -0.25) is 0 Å². The summed E-state index contributed by atoms with van der Waals surface area (Å²) in [5.74, 6) is 0. The molecule has 1 aromatic rings. The van der Waals surface area contributed by atoms with Crippen molar-refractivity contribution in [2.24, 2.45) is 0 Å². The first-order valence-electron chi connectivity index (χ1n) is 5.75. The van der Waals surface area contributed by atoms with E-state index in [2.05, 4.69) is 24.0 Å². The van der Waals surface area contributed by atoms with Crippen LogP contribution in [-0.2, 0) is 0 Å². The van der Waals surface area contributed by atoms with E-state index in [9.17, 15) is 0 Å². The average molecular weight is 225 g/mol. The highest BCUT2D eigenvalue weighted by Crippen LogP contribution is 2.13. The fraction of sp³-hybridized carbons (Fsp3) is 0.125. The second kappa shape index (κ2) is 7.29. The molecule has 0 aliphatic heterocycles. The Morgan fingerprint density at radius 2 is 1.71 bits per heavy atom. The first kappa shape index (κ1) is 13.0. The van der Waals surface area contributed by atoms with E-state index >= 15 is 0 Å². The molecule has 0 atom stereocenters.